The number of fused-ring (bicyclic) bond motifs is 1. The van der Waals surface area contributed by atoms with Crippen LogP contribution in [0.25, 0.3) is 10.8 Å². The highest BCUT2D eigenvalue weighted by atomic mass is 16.2. The number of nitrogens with two attached hydrogens (primary N) is 4. The Morgan fingerprint density at radius 3 is 2.48 bits per heavy atom. The van der Waals surface area contributed by atoms with E-state index in [1.54, 1.807) is 4.90 Å². The van der Waals surface area contributed by atoms with Crippen molar-refractivity contribution in [2.45, 2.75) is 69.5 Å². The van der Waals surface area contributed by atoms with Crippen molar-refractivity contribution in [3.8, 4) is 0 Å². The first-order valence-electron chi connectivity index (χ1n) is 14.5. The average molecular weight is 581 g/mol. The molecule has 0 saturated carbocycles. The average Bonchev–Trinajstić information content (AvgIpc) is 3.46. The van der Waals surface area contributed by atoms with E-state index in [0.717, 1.165) is 16.3 Å². The number of aliphatic imine (C=N–C) groups is 1. The van der Waals surface area contributed by atoms with Crippen LogP contribution in [0.15, 0.2) is 47.5 Å². The molecule has 12 heteroatoms. The zero-order chi connectivity index (χ0) is 30.6. The standard InChI is InChI=1S/C30H44N8O4/c1-37(24(27(32)40)14-7-17-35-30(33)34)29(42)23(13-4-5-16-31)36-28(41)25-15-8-18-38(25)26(39)19-21-11-6-10-20-9-2-3-12-22(20)21/h2-3,6,9-12,23-25H,4-5,7-8,13-19,31H2,1H3,(H2,32,40)(H,36,41)(H4,33,34,35). The fourth-order valence-corrected chi connectivity index (χ4v) is 5.49. The minimum atomic E-state index is -0.899. The number of nitrogens with one attached hydrogen (secondary N) is 1. The predicted octanol–water partition coefficient (Wildman–Crippen LogP) is 0.353. The molecular formula is C30H44N8O4. The van der Waals surface area contributed by atoms with Crippen LogP contribution in [-0.4, -0.2) is 84.2 Å². The van der Waals surface area contributed by atoms with Crippen LogP contribution in [-0.2, 0) is 25.6 Å². The summed E-state index contributed by atoms with van der Waals surface area (Å²) in [6, 6.07) is 11.3. The smallest absolute Gasteiger partial charge is 0.245 e. The molecule has 2 aromatic carbocycles. The van der Waals surface area contributed by atoms with E-state index in [2.05, 4.69) is 10.3 Å². The van der Waals surface area contributed by atoms with Gasteiger partial charge in [-0.1, -0.05) is 42.5 Å². The van der Waals surface area contributed by atoms with E-state index in [0.29, 0.717) is 51.6 Å². The fourth-order valence-electron chi connectivity index (χ4n) is 5.49. The topological polar surface area (TPSA) is 203 Å². The summed E-state index contributed by atoms with van der Waals surface area (Å²) >= 11 is 0. The number of hydrogen-bond acceptors (Lipinski definition) is 6. The van der Waals surface area contributed by atoms with E-state index < -0.39 is 29.9 Å². The number of likely N-dealkylation sites (tertiary alicyclic amines) is 1. The Bertz CT molecular complexity index is 1270. The van der Waals surface area contributed by atoms with Crippen molar-refractivity contribution in [1.29, 1.82) is 0 Å². The van der Waals surface area contributed by atoms with Crippen LogP contribution in [0.3, 0.4) is 0 Å². The van der Waals surface area contributed by atoms with Gasteiger partial charge in [-0.15, -0.1) is 0 Å². The maximum Gasteiger partial charge on any atom is 0.245 e. The number of guanidine groups is 1. The van der Waals surface area contributed by atoms with Gasteiger partial charge in [0.15, 0.2) is 5.96 Å². The largest absolute Gasteiger partial charge is 0.370 e. The van der Waals surface area contributed by atoms with E-state index >= 15 is 0 Å². The minimum absolute atomic E-state index is 0.0608. The molecule has 1 fully saturated rings. The quantitative estimate of drug-likeness (QED) is 0.113. The molecule has 0 spiro atoms. The summed E-state index contributed by atoms with van der Waals surface area (Å²) in [5.41, 5.74) is 22.9. The van der Waals surface area contributed by atoms with E-state index in [9.17, 15) is 19.2 Å². The monoisotopic (exact) mass is 580 g/mol. The first-order valence-corrected chi connectivity index (χ1v) is 14.5. The number of carbonyl (C=O) groups is 4. The van der Waals surface area contributed by atoms with Crippen molar-refractivity contribution in [3.05, 3.63) is 48.0 Å². The number of carbonyl (C=O) groups excluding carboxylic acids is 4. The fraction of sp³-hybridized carbons (Fsp3) is 0.500. The maximum atomic E-state index is 13.6. The highest BCUT2D eigenvalue weighted by molar-refractivity contribution is 5.95. The Morgan fingerprint density at radius 2 is 1.76 bits per heavy atom. The molecule has 1 aliphatic heterocycles. The summed E-state index contributed by atoms with van der Waals surface area (Å²) in [4.78, 5) is 59.6. The van der Waals surface area contributed by atoms with Crippen LogP contribution < -0.4 is 28.3 Å². The molecule has 0 bridgehead atoms. The van der Waals surface area contributed by atoms with Crippen molar-refractivity contribution in [1.82, 2.24) is 15.1 Å². The van der Waals surface area contributed by atoms with Gasteiger partial charge in [0.05, 0.1) is 6.42 Å². The number of hydrogen-bond donors (Lipinski definition) is 5. The van der Waals surface area contributed by atoms with Gasteiger partial charge in [-0.05, 0) is 67.8 Å². The number of primary amides is 1. The third-order valence-corrected chi connectivity index (χ3v) is 7.73. The summed E-state index contributed by atoms with van der Waals surface area (Å²) in [5, 5.41) is 4.93. The number of amides is 4. The maximum absolute atomic E-state index is 13.6. The molecule has 3 atom stereocenters. The lowest BCUT2D eigenvalue weighted by atomic mass is 10.0. The molecule has 0 aromatic heterocycles. The Morgan fingerprint density at radius 1 is 1.02 bits per heavy atom. The van der Waals surface area contributed by atoms with Crippen molar-refractivity contribution in [2.24, 2.45) is 27.9 Å². The van der Waals surface area contributed by atoms with Crippen LogP contribution in [0.4, 0.5) is 0 Å². The summed E-state index contributed by atoms with van der Waals surface area (Å²) in [7, 11) is 1.50. The lowest BCUT2D eigenvalue weighted by Crippen LogP contribution is -2.56. The van der Waals surface area contributed by atoms with Crippen LogP contribution in [0, 0.1) is 0 Å². The lowest BCUT2D eigenvalue weighted by molar-refractivity contribution is -0.143. The molecule has 4 amide bonds. The Balaban J connectivity index is 1.71. The zero-order valence-electron chi connectivity index (χ0n) is 24.3. The molecule has 12 nitrogen and oxygen atoms in total. The third-order valence-electron chi connectivity index (χ3n) is 7.73. The normalized spacial score (nSPS) is 16.0. The second kappa shape index (κ2) is 15.7. The number of unbranched alkanes of at least 4 members (excludes halogenated alkanes) is 1. The minimum Gasteiger partial charge on any atom is -0.370 e. The van der Waals surface area contributed by atoms with Gasteiger partial charge in [0.1, 0.15) is 18.1 Å². The van der Waals surface area contributed by atoms with Gasteiger partial charge in [-0.2, -0.15) is 0 Å². The zero-order valence-corrected chi connectivity index (χ0v) is 24.3. The molecular weight excluding hydrogens is 536 g/mol. The Hall–Kier alpha value is -4.19. The molecule has 3 rings (SSSR count). The van der Waals surface area contributed by atoms with E-state index in [-0.39, 0.29) is 37.2 Å². The van der Waals surface area contributed by atoms with Gasteiger partial charge >= 0.3 is 0 Å². The molecule has 9 N–H and O–H groups in total. The second-order valence-corrected chi connectivity index (χ2v) is 10.7. The Kier molecular flexibility index (Phi) is 12.1. The van der Waals surface area contributed by atoms with Crippen LogP contribution >= 0.6 is 0 Å². The molecule has 3 unspecified atom stereocenters. The SMILES string of the molecule is CN(C(=O)C(CCCCN)NC(=O)C1CCCN1C(=O)Cc1cccc2ccccc12)C(CCCN=C(N)N)C(N)=O. The van der Waals surface area contributed by atoms with E-state index in [4.69, 9.17) is 22.9 Å². The number of benzene rings is 2. The van der Waals surface area contributed by atoms with E-state index in [1.165, 1.54) is 11.9 Å². The first-order chi connectivity index (χ1) is 20.1. The highest BCUT2D eigenvalue weighted by Crippen LogP contribution is 2.23. The van der Waals surface area contributed by atoms with Crippen LogP contribution in [0.1, 0.15) is 50.5 Å². The first kappa shape index (κ1) is 32.3. The van der Waals surface area contributed by atoms with Crippen molar-refractivity contribution < 1.29 is 19.2 Å². The lowest BCUT2D eigenvalue weighted by Gasteiger charge is -2.31. The van der Waals surface area contributed by atoms with Crippen molar-refractivity contribution >= 4 is 40.4 Å². The Labute approximate surface area is 246 Å². The van der Waals surface area contributed by atoms with Crippen molar-refractivity contribution in [3.63, 3.8) is 0 Å². The molecule has 1 aliphatic rings. The highest BCUT2D eigenvalue weighted by Gasteiger charge is 2.37. The van der Waals surface area contributed by atoms with Crippen LogP contribution in [0.5, 0.6) is 0 Å². The molecule has 1 saturated heterocycles. The molecule has 1 heterocycles. The summed E-state index contributed by atoms with van der Waals surface area (Å²) < 4.78 is 0. The molecule has 0 radical (unpaired) electrons. The van der Waals surface area contributed by atoms with Gasteiger partial charge in [0, 0.05) is 20.1 Å². The van der Waals surface area contributed by atoms with Crippen LogP contribution in [0.2, 0.25) is 0 Å². The molecule has 42 heavy (non-hydrogen) atoms. The van der Waals surface area contributed by atoms with Gasteiger partial charge in [0.25, 0.3) is 0 Å². The number of nitrogens with zero attached hydrogens (tertiary/aromatic N) is 3. The number of likely N-dealkylation sites (N-methyl/N-ethyl adjacent to an activating group) is 1. The second-order valence-electron chi connectivity index (χ2n) is 10.7. The molecule has 2 aromatic rings. The third kappa shape index (κ3) is 8.65. The van der Waals surface area contributed by atoms with E-state index in [1.807, 2.05) is 42.5 Å². The summed E-state index contributed by atoms with van der Waals surface area (Å²) in [5.74, 6) is -1.68. The molecule has 0 aliphatic carbocycles. The summed E-state index contributed by atoms with van der Waals surface area (Å²) in [6.07, 6.45) is 3.66. The van der Waals surface area contributed by atoms with Gasteiger partial charge < -0.3 is 38.1 Å². The van der Waals surface area contributed by atoms with Gasteiger partial charge in [-0.3, -0.25) is 24.2 Å². The van der Waals surface area contributed by atoms with Gasteiger partial charge in [-0.25, -0.2) is 0 Å². The molecule has 228 valence electrons. The van der Waals surface area contributed by atoms with Crippen molar-refractivity contribution in [2.75, 3.05) is 26.7 Å². The summed E-state index contributed by atoms with van der Waals surface area (Å²) in [6.45, 7) is 1.19. The predicted molar refractivity (Wildman–Crippen MR) is 163 cm³/mol. The van der Waals surface area contributed by atoms with Gasteiger partial charge in [0.2, 0.25) is 23.6 Å². The number of rotatable bonds is 15.